The van der Waals surface area contributed by atoms with E-state index in [4.69, 9.17) is 16.4 Å². The van der Waals surface area contributed by atoms with Gasteiger partial charge in [0, 0.05) is 10.6 Å². The predicted octanol–water partition coefficient (Wildman–Crippen LogP) is 4.31. The first-order valence-corrected chi connectivity index (χ1v) is 8.67. The monoisotopic (exact) mass is 384 g/mol. The summed E-state index contributed by atoms with van der Waals surface area (Å²) in [5.74, 6) is 0. The first-order chi connectivity index (χ1) is 11.1. The summed E-state index contributed by atoms with van der Waals surface area (Å²) in [4.78, 5) is 5.03. The maximum atomic E-state index is 12.6. The first kappa shape index (κ1) is 20.3. The van der Waals surface area contributed by atoms with Crippen LogP contribution in [0.2, 0.25) is 5.02 Å². The van der Waals surface area contributed by atoms with Crippen LogP contribution in [0.25, 0.3) is 0 Å². The van der Waals surface area contributed by atoms with Gasteiger partial charge in [0.2, 0.25) is 0 Å². The fourth-order valence-electron chi connectivity index (χ4n) is 1.61. The molecule has 1 aromatic carbocycles. The van der Waals surface area contributed by atoms with Crippen LogP contribution in [0, 0.1) is 0 Å². The van der Waals surface area contributed by atoms with Gasteiger partial charge in [-0.25, -0.2) is 0 Å². The minimum absolute atomic E-state index is 0.110. The van der Waals surface area contributed by atoms with E-state index in [0.717, 1.165) is 6.07 Å². The lowest BCUT2D eigenvalue weighted by Gasteiger charge is -2.15. The standard InChI is InChI=1S/C14H16ClF3N2O3S/c1-3-5-8-23-19-12(4-2)11-9-10(15)6-7-13(11)20-24(21,22)14(16,17)18/h3,5-7,9,20H,4,8H2,1-2H3/b5-3+,19-12+. The van der Waals surface area contributed by atoms with E-state index in [1.165, 1.54) is 16.9 Å². The molecular formula is C14H16ClF3N2O3S. The number of alkyl halides is 3. The number of oxime groups is 1. The molecular weight excluding hydrogens is 369 g/mol. The lowest BCUT2D eigenvalue weighted by molar-refractivity contribution is -0.0429. The zero-order valence-corrected chi connectivity index (χ0v) is 14.5. The summed E-state index contributed by atoms with van der Waals surface area (Å²) in [6, 6.07) is 3.72. The van der Waals surface area contributed by atoms with Crippen molar-refractivity contribution >= 4 is 33.0 Å². The molecule has 0 aromatic heterocycles. The van der Waals surface area contributed by atoms with Crippen molar-refractivity contribution in [2.24, 2.45) is 5.16 Å². The van der Waals surface area contributed by atoms with Gasteiger partial charge >= 0.3 is 15.5 Å². The van der Waals surface area contributed by atoms with E-state index in [1.54, 1.807) is 26.0 Å². The molecule has 0 amide bonds. The zero-order chi connectivity index (χ0) is 18.4. The third-order valence-corrected chi connectivity index (χ3v) is 4.09. The lowest BCUT2D eigenvalue weighted by Crippen LogP contribution is -2.30. The third kappa shape index (κ3) is 5.41. The van der Waals surface area contributed by atoms with Gasteiger partial charge < -0.3 is 4.84 Å². The van der Waals surface area contributed by atoms with Gasteiger partial charge in [-0.1, -0.05) is 29.8 Å². The van der Waals surface area contributed by atoms with Gasteiger partial charge in [-0.3, -0.25) is 4.72 Å². The van der Waals surface area contributed by atoms with E-state index < -0.39 is 15.5 Å². The molecule has 24 heavy (non-hydrogen) atoms. The number of nitrogens with zero attached hydrogens (tertiary/aromatic N) is 1. The van der Waals surface area contributed by atoms with Crippen molar-refractivity contribution in [2.75, 3.05) is 11.3 Å². The van der Waals surface area contributed by atoms with E-state index in [1.807, 2.05) is 0 Å². The molecule has 0 radical (unpaired) electrons. The number of allylic oxidation sites excluding steroid dienone is 1. The number of anilines is 1. The molecule has 0 unspecified atom stereocenters. The van der Waals surface area contributed by atoms with E-state index in [-0.39, 0.29) is 35.0 Å². The van der Waals surface area contributed by atoms with Crippen molar-refractivity contribution in [2.45, 2.75) is 25.8 Å². The summed E-state index contributed by atoms with van der Waals surface area (Å²) < 4.78 is 61.8. The van der Waals surface area contributed by atoms with Crippen LogP contribution in [0.15, 0.2) is 35.5 Å². The molecule has 1 N–H and O–H groups in total. The number of nitrogens with one attached hydrogen (secondary N) is 1. The summed E-state index contributed by atoms with van der Waals surface area (Å²) in [5.41, 5.74) is -5.36. The molecule has 0 aliphatic carbocycles. The Morgan fingerprint density at radius 1 is 1.42 bits per heavy atom. The molecule has 0 aliphatic heterocycles. The molecule has 134 valence electrons. The molecule has 0 saturated heterocycles. The number of sulfonamides is 1. The van der Waals surface area contributed by atoms with Gasteiger partial charge in [-0.2, -0.15) is 21.6 Å². The Morgan fingerprint density at radius 2 is 2.08 bits per heavy atom. The van der Waals surface area contributed by atoms with Gasteiger partial charge in [0.25, 0.3) is 0 Å². The highest BCUT2D eigenvalue weighted by atomic mass is 35.5. The number of benzene rings is 1. The van der Waals surface area contributed by atoms with Crippen molar-refractivity contribution in [1.82, 2.24) is 0 Å². The van der Waals surface area contributed by atoms with Crippen molar-refractivity contribution in [3.8, 4) is 0 Å². The Hall–Kier alpha value is -1.74. The first-order valence-electron chi connectivity index (χ1n) is 6.81. The molecule has 0 saturated carbocycles. The second-order valence-corrected chi connectivity index (χ2v) is 6.61. The van der Waals surface area contributed by atoms with E-state index >= 15 is 0 Å². The van der Waals surface area contributed by atoms with Crippen LogP contribution in [0.1, 0.15) is 25.8 Å². The van der Waals surface area contributed by atoms with Crippen LogP contribution in [0.5, 0.6) is 0 Å². The molecule has 0 fully saturated rings. The largest absolute Gasteiger partial charge is 0.516 e. The summed E-state index contributed by atoms with van der Waals surface area (Å²) in [6.07, 6.45) is 3.71. The number of hydrogen-bond acceptors (Lipinski definition) is 4. The maximum Gasteiger partial charge on any atom is 0.516 e. The van der Waals surface area contributed by atoms with Crippen molar-refractivity contribution in [3.63, 3.8) is 0 Å². The summed E-state index contributed by atoms with van der Waals surface area (Å²) in [7, 11) is -5.56. The minimum Gasteiger partial charge on any atom is -0.391 e. The Labute approximate surface area is 143 Å². The maximum absolute atomic E-state index is 12.6. The highest BCUT2D eigenvalue weighted by molar-refractivity contribution is 7.93. The fraction of sp³-hybridized carbons (Fsp3) is 0.357. The molecule has 1 rings (SSSR count). The number of rotatable bonds is 7. The topological polar surface area (TPSA) is 67.8 Å². The second-order valence-electron chi connectivity index (χ2n) is 4.50. The highest BCUT2D eigenvalue weighted by Gasteiger charge is 2.46. The normalized spacial score (nSPS) is 13.3. The Balaban J connectivity index is 3.25. The quantitative estimate of drug-likeness (QED) is 0.329. The molecule has 5 nitrogen and oxygen atoms in total. The molecule has 0 spiro atoms. The van der Waals surface area contributed by atoms with Gasteiger partial charge in [-0.05, 0) is 37.6 Å². The lowest BCUT2D eigenvalue weighted by atomic mass is 10.1. The van der Waals surface area contributed by atoms with Crippen LogP contribution in [-0.4, -0.2) is 26.2 Å². The van der Waals surface area contributed by atoms with Crippen LogP contribution >= 0.6 is 11.6 Å². The second kappa shape index (κ2) is 8.39. The van der Waals surface area contributed by atoms with Crippen molar-refractivity contribution < 1.29 is 26.4 Å². The van der Waals surface area contributed by atoms with Crippen LogP contribution in [-0.2, 0) is 14.9 Å². The molecule has 1 aromatic rings. The summed E-state index contributed by atoms with van der Waals surface area (Å²) in [6.45, 7) is 3.65. The Bertz CT molecular complexity index is 731. The van der Waals surface area contributed by atoms with E-state index in [9.17, 15) is 21.6 Å². The summed E-state index contributed by atoms with van der Waals surface area (Å²) >= 11 is 5.86. The zero-order valence-electron chi connectivity index (χ0n) is 12.9. The Kier molecular flexibility index (Phi) is 7.09. The van der Waals surface area contributed by atoms with Crippen LogP contribution in [0.3, 0.4) is 0 Å². The average Bonchev–Trinajstić information content (AvgIpc) is 2.48. The average molecular weight is 385 g/mol. The highest BCUT2D eigenvalue weighted by Crippen LogP contribution is 2.29. The van der Waals surface area contributed by atoms with Gasteiger partial charge in [0.05, 0.1) is 11.4 Å². The van der Waals surface area contributed by atoms with Gasteiger partial charge in [0.15, 0.2) is 0 Å². The van der Waals surface area contributed by atoms with Crippen LogP contribution in [0.4, 0.5) is 18.9 Å². The third-order valence-electron chi connectivity index (χ3n) is 2.76. The predicted molar refractivity (Wildman–Crippen MR) is 87.6 cm³/mol. The molecule has 0 aliphatic rings. The van der Waals surface area contributed by atoms with Gasteiger partial charge in [-0.15, -0.1) is 0 Å². The molecule has 0 atom stereocenters. The number of halogens is 4. The van der Waals surface area contributed by atoms with Crippen molar-refractivity contribution in [1.29, 1.82) is 0 Å². The Morgan fingerprint density at radius 3 is 2.62 bits per heavy atom. The van der Waals surface area contributed by atoms with Crippen LogP contribution < -0.4 is 4.72 Å². The minimum atomic E-state index is -5.56. The smallest absolute Gasteiger partial charge is 0.391 e. The summed E-state index contributed by atoms with van der Waals surface area (Å²) in [5, 5.41) is 4.05. The van der Waals surface area contributed by atoms with E-state index in [2.05, 4.69) is 5.16 Å². The molecule has 0 bridgehead atoms. The van der Waals surface area contributed by atoms with Crippen molar-refractivity contribution in [3.05, 3.63) is 40.9 Å². The fourth-order valence-corrected chi connectivity index (χ4v) is 2.36. The SMILES string of the molecule is C/C=C/CO/N=C(\CC)c1cc(Cl)ccc1NS(=O)(=O)C(F)(F)F. The van der Waals surface area contributed by atoms with Gasteiger partial charge in [0.1, 0.15) is 6.61 Å². The molecule has 10 heteroatoms. The molecule has 0 heterocycles. The van der Waals surface area contributed by atoms with E-state index in [0.29, 0.717) is 0 Å². The number of hydrogen-bond donors (Lipinski definition) is 1.